The van der Waals surface area contributed by atoms with Crippen LogP contribution >= 0.6 is 0 Å². The van der Waals surface area contributed by atoms with Crippen LogP contribution in [0.5, 0.6) is 0 Å². The predicted octanol–water partition coefficient (Wildman–Crippen LogP) is 2.92. The van der Waals surface area contributed by atoms with E-state index in [1.807, 2.05) is 0 Å². The molecule has 114 valence electrons. The van der Waals surface area contributed by atoms with Crippen molar-refractivity contribution in [2.75, 3.05) is 19.6 Å². The van der Waals surface area contributed by atoms with Crippen LogP contribution in [0.1, 0.15) is 51.2 Å². The molecule has 0 saturated carbocycles. The second kappa shape index (κ2) is 9.11. The van der Waals surface area contributed by atoms with Crippen molar-refractivity contribution in [1.29, 1.82) is 0 Å². The van der Waals surface area contributed by atoms with Crippen molar-refractivity contribution >= 4 is 0 Å². The van der Waals surface area contributed by atoms with Gasteiger partial charge in [0.25, 0.3) is 0 Å². The lowest BCUT2D eigenvalue weighted by Gasteiger charge is -2.22. The molecule has 0 fully saturated rings. The van der Waals surface area contributed by atoms with Crippen LogP contribution < -0.4 is 11.3 Å². The van der Waals surface area contributed by atoms with E-state index in [1.165, 1.54) is 11.1 Å². The summed E-state index contributed by atoms with van der Waals surface area (Å²) in [5.74, 6) is 6.29. The fraction of sp³-hybridized carbons (Fsp3) is 0.647. The molecule has 1 aromatic carbocycles. The summed E-state index contributed by atoms with van der Waals surface area (Å²) >= 11 is 0. The lowest BCUT2D eigenvalue weighted by atomic mass is 9.98. The van der Waals surface area contributed by atoms with E-state index in [2.05, 4.69) is 62.3 Å². The molecular formula is C17H31N3. The highest BCUT2D eigenvalue weighted by atomic mass is 15.2. The number of benzene rings is 1. The Morgan fingerprint density at radius 1 is 1.10 bits per heavy atom. The van der Waals surface area contributed by atoms with Gasteiger partial charge < -0.3 is 4.90 Å². The number of nitrogens with one attached hydrogen (secondary N) is 1. The molecule has 0 bridgehead atoms. The Labute approximate surface area is 124 Å². The van der Waals surface area contributed by atoms with Gasteiger partial charge in [-0.25, -0.2) is 0 Å². The average molecular weight is 277 g/mol. The van der Waals surface area contributed by atoms with Crippen molar-refractivity contribution < 1.29 is 0 Å². The minimum absolute atomic E-state index is 0.348. The fourth-order valence-corrected chi connectivity index (χ4v) is 2.45. The van der Waals surface area contributed by atoms with Gasteiger partial charge in [-0.3, -0.25) is 11.3 Å². The van der Waals surface area contributed by atoms with E-state index < -0.39 is 0 Å². The molecule has 1 rings (SSSR count). The summed E-state index contributed by atoms with van der Waals surface area (Å²) in [6.07, 6.45) is 2.08. The molecule has 0 spiro atoms. The molecule has 1 aromatic rings. The average Bonchev–Trinajstić information content (AvgIpc) is 2.47. The molecule has 0 saturated heterocycles. The molecule has 3 heteroatoms. The first-order valence-corrected chi connectivity index (χ1v) is 7.88. The Morgan fingerprint density at radius 2 is 1.70 bits per heavy atom. The second-order valence-electron chi connectivity index (χ2n) is 5.78. The monoisotopic (exact) mass is 277 g/mol. The highest BCUT2D eigenvalue weighted by molar-refractivity contribution is 5.25. The number of nitrogens with two attached hydrogens (primary N) is 1. The smallest absolute Gasteiger partial charge is 0.0263 e. The van der Waals surface area contributed by atoms with Crippen molar-refractivity contribution in [2.24, 2.45) is 5.84 Å². The molecule has 1 atom stereocenters. The van der Waals surface area contributed by atoms with Crippen LogP contribution in [0.4, 0.5) is 0 Å². The van der Waals surface area contributed by atoms with Crippen molar-refractivity contribution in [1.82, 2.24) is 10.3 Å². The number of hydrogen-bond acceptors (Lipinski definition) is 3. The van der Waals surface area contributed by atoms with Gasteiger partial charge in [0.1, 0.15) is 0 Å². The Kier molecular flexibility index (Phi) is 7.82. The first-order chi connectivity index (χ1) is 9.60. The van der Waals surface area contributed by atoms with Gasteiger partial charge in [-0.05, 0) is 49.5 Å². The molecule has 1 unspecified atom stereocenters. The van der Waals surface area contributed by atoms with Gasteiger partial charge in [0.15, 0.2) is 0 Å². The minimum Gasteiger partial charge on any atom is -0.304 e. The molecule has 0 heterocycles. The molecular weight excluding hydrogens is 246 g/mol. The van der Waals surface area contributed by atoms with Gasteiger partial charge in [0.05, 0.1) is 0 Å². The van der Waals surface area contributed by atoms with Crippen LogP contribution in [-0.4, -0.2) is 30.6 Å². The van der Waals surface area contributed by atoms with E-state index in [4.69, 9.17) is 5.84 Å². The molecule has 0 amide bonds. The Balaban J connectivity index is 2.50. The summed E-state index contributed by atoms with van der Waals surface area (Å²) in [6, 6.07) is 9.28. The van der Waals surface area contributed by atoms with Crippen LogP contribution in [0.25, 0.3) is 0 Å². The SMILES string of the molecule is CCN(CC)CCC(Cc1ccc(C(C)C)cc1)NN. The van der Waals surface area contributed by atoms with E-state index in [0.717, 1.165) is 32.5 Å². The molecule has 3 N–H and O–H groups in total. The van der Waals surface area contributed by atoms with Crippen molar-refractivity contribution in [3.05, 3.63) is 35.4 Å². The van der Waals surface area contributed by atoms with Gasteiger partial charge >= 0.3 is 0 Å². The Hall–Kier alpha value is -0.900. The van der Waals surface area contributed by atoms with Crippen LogP contribution in [0.15, 0.2) is 24.3 Å². The van der Waals surface area contributed by atoms with E-state index in [1.54, 1.807) is 0 Å². The van der Waals surface area contributed by atoms with Gasteiger partial charge in [0.2, 0.25) is 0 Å². The van der Waals surface area contributed by atoms with Gasteiger partial charge in [-0.2, -0.15) is 0 Å². The summed E-state index contributed by atoms with van der Waals surface area (Å²) in [5, 5.41) is 0. The minimum atomic E-state index is 0.348. The highest BCUT2D eigenvalue weighted by Crippen LogP contribution is 2.16. The molecule has 0 aliphatic rings. The van der Waals surface area contributed by atoms with Crippen LogP contribution in [-0.2, 0) is 6.42 Å². The highest BCUT2D eigenvalue weighted by Gasteiger charge is 2.10. The quantitative estimate of drug-likeness (QED) is 0.539. The molecule has 0 aliphatic heterocycles. The molecule has 0 aromatic heterocycles. The maximum absolute atomic E-state index is 5.70. The number of hydrogen-bond donors (Lipinski definition) is 2. The molecule has 0 radical (unpaired) electrons. The third-order valence-corrected chi connectivity index (χ3v) is 4.05. The first-order valence-electron chi connectivity index (χ1n) is 7.88. The van der Waals surface area contributed by atoms with Crippen LogP contribution in [0.2, 0.25) is 0 Å². The largest absolute Gasteiger partial charge is 0.304 e. The lowest BCUT2D eigenvalue weighted by molar-refractivity contribution is 0.281. The number of hydrazine groups is 1. The third kappa shape index (κ3) is 5.61. The van der Waals surface area contributed by atoms with Crippen LogP contribution in [0, 0.1) is 0 Å². The number of nitrogens with zero attached hydrogens (tertiary/aromatic N) is 1. The lowest BCUT2D eigenvalue weighted by Crippen LogP contribution is -2.39. The normalized spacial score (nSPS) is 13.2. The Bertz CT molecular complexity index is 355. The summed E-state index contributed by atoms with van der Waals surface area (Å²) in [7, 11) is 0. The zero-order valence-electron chi connectivity index (χ0n) is 13.5. The fourth-order valence-electron chi connectivity index (χ4n) is 2.45. The molecule has 0 aliphatic carbocycles. The standard InChI is InChI=1S/C17H31N3/c1-5-20(6-2)12-11-17(19-18)13-15-7-9-16(10-8-15)14(3)4/h7-10,14,17,19H,5-6,11-13,18H2,1-4H3. The van der Waals surface area contributed by atoms with E-state index in [0.29, 0.717) is 12.0 Å². The second-order valence-corrected chi connectivity index (χ2v) is 5.78. The van der Waals surface area contributed by atoms with Crippen molar-refractivity contribution in [3.63, 3.8) is 0 Å². The summed E-state index contributed by atoms with van der Waals surface area (Å²) in [4.78, 5) is 2.44. The van der Waals surface area contributed by atoms with Gasteiger partial charge in [0, 0.05) is 6.04 Å². The molecule has 20 heavy (non-hydrogen) atoms. The first kappa shape index (κ1) is 17.2. The van der Waals surface area contributed by atoms with Gasteiger partial charge in [-0.1, -0.05) is 52.0 Å². The number of rotatable bonds is 9. The zero-order valence-corrected chi connectivity index (χ0v) is 13.5. The zero-order chi connectivity index (χ0) is 15.0. The maximum Gasteiger partial charge on any atom is 0.0263 e. The van der Waals surface area contributed by atoms with Gasteiger partial charge in [-0.15, -0.1) is 0 Å². The van der Waals surface area contributed by atoms with E-state index in [-0.39, 0.29) is 0 Å². The Morgan fingerprint density at radius 3 is 2.15 bits per heavy atom. The maximum atomic E-state index is 5.70. The topological polar surface area (TPSA) is 41.3 Å². The summed E-state index contributed by atoms with van der Waals surface area (Å²) in [5.41, 5.74) is 5.72. The predicted molar refractivity (Wildman–Crippen MR) is 87.8 cm³/mol. The van der Waals surface area contributed by atoms with Crippen molar-refractivity contribution in [2.45, 2.75) is 52.5 Å². The molecule has 3 nitrogen and oxygen atoms in total. The third-order valence-electron chi connectivity index (χ3n) is 4.05. The summed E-state index contributed by atoms with van der Waals surface area (Å²) in [6.45, 7) is 12.2. The summed E-state index contributed by atoms with van der Waals surface area (Å²) < 4.78 is 0. The van der Waals surface area contributed by atoms with Crippen LogP contribution in [0.3, 0.4) is 0 Å². The van der Waals surface area contributed by atoms with E-state index in [9.17, 15) is 0 Å². The van der Waals surface area contributed by atoms with E-state index >= 15 is 0 Å². The van der Waals surface area contributed by atoms with Crippen molar-refractivity contribution in [3.8, 4) is 0 Å².